The highest BCUT2D eigenvalue weighted by atomic mass is 16.5. The minimum Gasteiger partial charge on any atom is -0.367 e. The summed E-state index contributed by atoms with van der Waals surface area (Å²) in [6.45, 7) is 3.55. The Hall–Kier alpha value is -2.44. The third kappa shape index (κ3) is 4.06. The first kappa shape index (κ1) is 15.5. The Balaban J connectivity index is 1.72. The predicted molar refractivity (Wildman–Crippen MR) is 86.5 cm³/mol. The summed E-state index contributed by atoms with van der Waals surface area (Å²) in [5.74, 6) is 1.96. The van der Waals surface area contributed by atoms with E-state index < -0.39 is 0 Å². The largest absolute Gasteiger partial charge is 0.367 e. The molecule has 2 N–H and O–H groups in total. The molecule has 0 spiro atoms. The molecule has 0 bridgehead atoms. The summed E-state index contributed by atoms with van der Waals surface area (Å²) in [5.41, 5.74) is 0.316. The Bertz CT molecular complexity index is 692. The highest BCUT2D eigenvalue weighted by Crippen LogP contribution is 2.21. The molecule has 0 atom stereocenters. The van der Waals surface area contributed by atoms with Crippen LogP contribution in [-0.4, -0.2) is 27.1 Å². The molecule has 0 unspecified atom stereocenters. The van der Waals surface area contributed by atoms with Gasteiger partial charge in [0, 0.05) is 18.2 Å². The molecule has 122 valence electrons. The minimum atomic E-state index is -0.324. The standard InChI is InChI=1S/C16H21N5O2/c1-10-8-15(21-23-10)20-16(22)13-9-14(18-11(2)17-13)19-12-6-4-3-5-7-12/h8-9,12H,3-7H2,1-2H3,(H,17,18,19)(H,20,21,22). The zero-order valence-electron chi connectivity index (χ0n) is 13.4. The van der Waals surface area contributed by atoms with Gasteiger partial charge >= 0.3 is 0 Å². The van der Waals surface area contributed by atoms with E-state index in [0.29, 0.717) is 35.0 Å². The van der Waals surface area contributed by atoms with Crippen LogP contribution in [0.15, 0.2) is 16.7 Å². The van der Waals surface area contributed by atoms with Crippen molar-refractivity contribution in [3.8, 4) is 0 Å². The van der Waals surface area contributed by atoms with Crippen LogP contribution >= 0.6 is 0 Å². The van der Waals surface area contributed by atoms with Gasteiger partial charge in [-0.05, 0) is 26.7 Å². The maximum atomic E-state index is 12.3. The third-order valence-corrected chi connectivity index (χ3v) is 3.90. The van der Waals surface area contributed by atoms with Gasteiger partial charge in [-0.2, -0.15) is 0 Å². The van der Waals surface area contributed by atoms with Gasteiger partial charge in [-0.1, -0.05) is 24.4 Å². The summed E-state index contributed by atoms with van der Waals surface area (Å²) in [4.78, 5) is 20.9. The van der Waals surface area contributed by atoms with Crippen LogP contribution in [0.5, 0.6) is 0 Å². The van der Waals surface area contributed by atoms with E-state index in [2.05, 4.69) is 25.8 Å². The molecule has 2 aromatic heterocycles. The maximum absolute atomic E-state index is 12.3. The number of aromatic nitrogens is 3. The second-order valence-electron chi connectivity index (χ2n) is 5.94. The number of anilines is 2. The molecule has 1 aliphatic rings. The number of amides is 1. The lowest BCUT2D eigenvalue weighted by molar-refractivity contribution is 0.102. The lowest BCUT2D eigenvalue weighted by Crippen LogP contribution is -2.24. The Labute approximate surface area is 134 Å². The molecule has 3 rings (SSSR count). The van der Waals surface area contributed by atoms with Crippen LogP contribution in [0.4, 0.5) is 11.6 Å². The molecule has 1 fully saturated rings. The van der Waals surface area contributed by atoms with E-state index in [1.807, 2.05) is 0 Å². The molecule has 0 aromatic carbocycles. The van der Waals surface area contributed by atoms with Crippen LogP contribution < -0.4 is 10.6 Å². The molecule has 0 saturated heterocycles. The number of carbonyl (C=O) groups excluding carboxylic acids is 1. The summed E-state index contributed by atoms with van der Waals surface area (Å²) in [6, 6.07) is 3.77. The topological polar surface area (TPSA) is 92.9 Å². The van der Waals surface area contributed by atoms with Gasteiger partial charge in [-0.15, -0.1) is 0 Å². The predicted octanol–water partition coefficient (Wildman–Crippen LogP) is 3.08. The van der Waals surface area contributed by atoms with Crippen LogP contribution in [0.25, 0.3) is 0 Å². The average Bonchev–Trinajstić information content (AvgIpc) is 2.93. The molecule has 2 aromatic rings. The first-order valence-corrected chi connectivity index (χ1v) is 7.97. The molecule has 0 aliphatic heterocycles. The molecule has 23 heavy (non-hydrogen) atoms. The molecule has 0 radical (unpaired) electrons. The van der Waals surface area contributed by atoms with Crippen molar-refractivity contribution in [1.29, 1.82) is 0 Å². The first-order chi connectivity index (χ1) is 11.1. The highest BCUT2D eigenvalue weighted by molar-refractivity contribution is 6.02. The van der Waals surface area contributed by atoms with Crippen molar-refractivity contribution in [2.24, 2.45) is 0 Å². The number of hydrogen-bond acceptors (Lipinski definition) is 6. The van der Waals surface area contributed by atoms with Gasteiger partial charge in [-0.25, -0.2) is 9.97 Å². The Kier molecular flexibility index (Phi) is 4.55. The average molecular weight is 315 g/mol. The highest BCUT2D eigenvalue weighted by Gasteiger charge is 2.16. The fourth-order valence-electron chi connectivity index (χ4n) is 2.82. The minimum absolute atomic E-state index is 0.316. The van der Waals surface area contributed by atoms with Crippen molar-refractivity contribution in [1.82, 2.24) is 15.1 Å². The SMILES string of the molecule is Cc1nc(NC2CCCCC2)cc(C(=O)Nc2cc(C)on2)n1. The smallest absolute Gasteiger partial charge is 0.275 e. The Morgan fingerprint density at radius 3 is 2.61 bits per heavy atom. The van der Waals surface area contributed by atoms with Crippen molar-refractivity contribution in [2.45, 2.75) is 52.0 Å². The number of carbonyl (C=O) groups is 1. The summed E-state index contributed by atoms with van der Waals surface area (Å²) in [7, 11) is 0. The molecule has 1 saturated carbocycles. The van der Waals surface area contributed by atoms with Gasteiger partial charge in [-0.3, -0.25) is 4.79 Å². The van der Waals surface area contributed by atoms with Crippen molar-refractivity contribution < 1.29 is 9.32 Å². The van der Waals surface area contributed by atoms with Crippen molar-refractivity contribution >= 4 is 17.5 Å². The van der Waals surface area contributed by atoms with Crippen molar-refractivity contribution in [2.75, 3.05) is 10.6 Å². The second-order valence-corrected chi connectivity index (χ2v) is 5.94. The summed E-state index contributed by atoms with van der Waals surface area (Å²) >= 11 is 0. The van der Waals surface area contributed by atoms with E-state index in [1.54, 1.807) is 26.0 Å². The van der Waals surface area contributed by atoms with Gasteiger partial charge in [0.1, 0.15) is 23.1 Å². The normalized spacial score (nSPS) is 15.4. The molecule has 2 heterocycles. The van der Waals surface area contributed by atoms with E-state index in [4.69, 9.17) is 4.52 Å². The molecule has 7 nitrogen and oxygen atoms in total. The third-order valence-electron chi connectivity index (χ3n) is 3.90. The number of nitrogens with one attached hydrogen (secondary N) is 2. The quantitative estimate of drug-likeness (QED) is 0.900. The lowest BCUT2D eigenvalue weighted by atomic mass is 9.95. The molecule has 1 aliphatic carbocycles. The molecular formula is C16H21N5O2. The summed E-state index contributed by atoms with van der Waals surface area (Å²) in [6.07, 6.45) is 6.05. The zero-order chi connectivity index (χ0) is 16.2. The van der Waals surface area contributed by atoms with E-state index in [1.165, 1.54) is 19.3 Å². The Morgan fingerprint density at radius 1 is 1.13 bits per heavy atom. The number of nitrogens with zero attached hydrogens (tertiary/aromatic N) is 3. The fraction of sp³-hybridized carbons (Fsp3) is 0.500. The van der Waals surface area contributed by atoms with Gasteiger partial charge in [0.05, 0.1) is 0 Å². The van der Waals surface area contributed by atoms with Crippen LogP contribution in [-0.2, 0) is 0 Å². The van der Waals surface area contributed by atoms with Crippen LogP contribution in [0.2, 0.25) is 0 Å². The summed E-state index contributed by atoms with van der Waals surface area (Å²) in [5, 5.41) is 9.85. The summed E-state index contributed by atoms with van der Waals surface area (Å²) < 4.78 is 4.94. The van der Waals surface area contributed by atoms with E-state index in [-0.39, 0.29) is 5.91 Å². The monoisotopic (exact) mass is 315 g/mol. The van der Waals surface area contributed by atoms with Gasteiger partial charge < -0.3 is 15.2 Å². The van der Waals surface area contributed by atoms with Crippen LogP contribution in [0.3, 0.4) is 0 Å². The fourth-order valence-corrected chi connectivity index (χ4v) is 2.82. The molecule has 7 heteroatoms. The van der Waals surface area contributed by atoms with Crippen LogP contribution in [0, 0.1) is 13.8 Å². The molecule has 1 amide bonds. The molecular weight excluding hydrogens is 294 g/mol. The number of hydrogen-bond donors (Lipinski definition) is 2. The Morgan fingerprint density at radius 2 is 1.91 bits per heavy atom. The first-order valence-electron chi connectivity index (χ1n) is 7.97. The number of aryl methyl sites for hydroxylation is 2. The van der Waals surface area contributed by atoms with Gasteiger partial charge in [0.2, 0.25) is 0 Å². The maximum Gasteiger partial charge on any atom is 0.275 e. The van der Waals surface area contributed by atoms with E-state index >= 15 is 0 Å². The van der Waals surface area contributed by atoms with E-state index in [9.17, 15) is 4.79 Å². The second kappa shape index (κ2) is 6.76. The van der Waals surface area contributed by atoms with Crippen molar-refractivity contribution in [3.05, 3.63) is 29.4 Å². The van der Waals surface area contributed by atoms with Gasteiger partial charge in [0.15, 0.2) is 5.82 Å². The van der Waals surface area contributed by atoms with Crippen LogP contribution in [0.1, 0.15) is 54.2 Å². The van der Waals surface area contributed by atoms with Gasteiger partial charge in [0.25, 0.3) is 5.91 Å². The van der Waals surface area contributed by atoms with E-state index in [0.717, 1.165) is 12.8 Å². The zero-order valence-corrected chi connectivity index (χ0v) is 13.4. The van der Waals surface area contributed by atoms with Crippen molar-refractivity contribution in [3.63, 3.8) is 0 Å². The lowest BCUT2D eigenvalue weighted by Gasteiger charge is -2.23. The number of rotatable bonds is 4.